The molecule has 0 saturated heterocycles. The van der Waals surface area contributed by atoms with E-state index in [0.717, 1.165) is 42.7 Å². The lowest BCUT2D eigenvalue weighted by Crippen LogP contribution is -2.40. The fourth-order valence-corrected chi connectivity index (χ4v) is 4.62. The number of anilines is 1. The molecule has 1 amide bonds. The van der Waals surface area contributed by atoms with Gasteiger partial charge in [0.15, 0.2) is 0 Å². The van der Waals surface area contributed by atoms with Gasteiger partial charge in [0, 0.05) is 41.2 Å². The van der Waals surface area contributed by atoms with Crippen molar-refractivity contribution >= 4 is 33.4 Å². The molecule has 1 aliphatic rings. The molecule has 0 spiro atoms. The van der Waals surface area contributed by atoms with Crippen molar-refractivity contribution in [3.05, 3.63) is 66.0 Å². The number of benzene rings is 2. The first-order valence-corrected chi connectivity index (χ1v) is 11.2. The maximum atomic E-state index is 13.3. The SMILES string of the molecule is Cn1ncc2cc(C(=O)N[C@H]3CC[C@@H](Nc4cc(C(F)(F)F)nc5ccccc45)CC3)ccc21. The molecule has 1 fully saturated rings. The molecule has 1 aliphatic carbocycles. The van der Waals surface area contributed by atoms with E-state index in [1.54, 1.807) is 41.2 Å². The van der Waals surface area contributed by atoms with Crippen LogP contribution in [0.1, 0.15) is 41.7 Å². The van der Waals surface area contributed by atoms with Gasteiger partial charge in [0.25, 0.3) is 5.91 Å². The van der Waals surface area contributed by atoms with Crippen molar-refractivity contribution in [3.8, 4) is 0 Å². The Balaban J connectivity index is 1.24. The smallest absolute Gasteiger partial charge is 0.382 e. The quantitative estimate of drug-likeness (QED) is 0.428. The molecule has 0 aliphatic heterocycles. The summed E-state index contributed by atoms with van der Waals surface area (Å²) in [4.78, 5) is 16.5. The topological polar surface area (TPSA) is 71.8 Å². The molecule has 0 bridgehead atoms. The zero-order valence-electron chi connectivity index (χ0n) is 18.6. The van der Waals surface area contributed by atoms with Crippen LogP contribution in [0.25, 0.3) is 21.8 Å². The Labute approximate surface area is 194 Å². The second-order valence-electron chi connectivity index (χ2n) is 8.78. The van der Waals surface area contributed by atoms with Crippen molar-refractivity contribution < 1.29 is 18.0 Å². The summed E-state index contributed by atoms with van der Waals surface area (Å²) in [6, 6.07) is 13.5. The molecule has 2 heterocycles. The van der Waals surface area contributed by atoms with Crippen LogP contribution in [0, 0.1) is 0 Å². The van der Waals surface area contributed by atoms with Crippen LogP contribution in [-0.4, -0.2) is 32.8 Å². The molecular weight excluding hydrogens is 443 g/mol. The number of fused-ring (bicyclic) bond motifs is 2. The molecule has 1 saturated carbocycles. The van der Waals surface area contributed by atoms with Gasteiger partial charge in [-0.05, 0) is 56.0 Å². The number of pyridine rings is 1. The number of hydrogen-bond acceptors (Lipinski definition) is 4. The number of nitrogens with one attached hydrogen (secondary N) is 2. The largest absolute Gasteiger partial charge is 0.433 e. The van der Waals surface area contributed by atoms with E-state index in [0.29, 0.717) is 22.2 Å². The van der Waals surface area contributed by atoms with Crippen molar-refractivity contribution in [3.63, 3.8) is 0 Å². The van der Waals surface area contributed by atoms with Gasteiger partial charge in [0.1, 0.15) is 5.69 Å². The minimum atomic E-state index is -4.51. The maximum Gasteiger partial charge on any atom is 0.433 e. The van der Waals surface area contributed by atoms with Crippen LogP contribution in [0.4, 0.5) is 18.9 Å². The van der Waals surface area contributed by atoms with Gasteiger partial charge in [-0.25, -0.2) is 4.98 Å². The number of aryl methyl sites for hydroxylation is 1. The van der Waals surface area contributed by atoms with E-state index in [1.807, 2.05) is 19.2 Å². The molecule has 6 nitrogen and oxygen atoms in total. The van der Waals surface area contributed by atoms with E-state index < -0.39 is 11.9 Å². The Bertz CT molecular complexity index is 1360. The number of rotatable bonds is 4. The summed E-state index contributed by atoms with van der Waals surface area (Å²) in [5, 5.41) is 12.2. The standard InChI is InChI=1S/C25H24F3N5O/c1-33-22-11-6-15(12-16(22)14-29-33)24(34)31-18-9-7-17(8-10-18)30-21-13-23(25(26,27)28)32-20-5-3-2-4-19(20)21/h2-6,11-14,17-18H,7-10H2,1H3,(H,30,32)(H,31,34)/t17-,18+. The number of alkyl halides is 3. The fourth-order valence-electron chi connectivity index (χ4n) is 4.62. The Morgan fingerprint density at radius 1 is 1.03 bits per heavy atom. The Kier molecular flexibility index (Phi) is 5.63. The van der Waals surface area contributed by atoms with Gasteiger partial charge in [-0.15, -0.1) is 0 Å². The number of carbonyl (C=O) groups is 1. The summed E-state index contributed by atoms with van der Waals surface area (Å²) in [5.41, 5.74) is 1.39. The highest BCUT2D eigenvalue weighted by molar-refractivity contribution is 5.98. The highest BCUT2D eigenvalue weighted by Crippen LogP contribution is 2.34. The van der Waals surface area contributed by atoms with Crippen LogP contribution in [0.5, 0.6) is 0 Å². The number of aromatic nitrogens is 3. The van der Waals surface area contributed by atoms with E-state index in [2.05, 4.69) is 20.7 Å². The van der Waals surface area contributed by atoms with Gasteiger partial charge in [-0.3, -0.25) is 9.48 Å². The average molecular weight is 467 g/mol. The predicted molar refractivity (Wildman–Crippen MR) is 125 cm³/mol. The minimum absolute atomic E-state index is 0.0202. The first kappa shape index (κ1) is 22.2. The van der Waals surface area contributed by atoms with Crippen LogP contribution in [-0.2, 0) is 13.2 Å². The van der Waals surface area contributed by atoms with Gasteiger partial charge >= 0.3 is 6.18 Å². The molecular formula is C25H24F3N5O. The average Bonchev–Trinajstić information content (AvgIpc) is 3.19. The molecule has 34 heavy (non-hydrogen) atoms. The van der Waals surface area contributed by atoms with Crippen LogP contribution in [0.2, 0.25) is 0 Å². The fraction of sp³-hybridized carbons (Fsp3) is 0.320. The molecule has 2 aromatic heterocycles. The van der Waals surface area contributed by atoms with Crippen molar-refractivity contribution in [2.45, 2.75) is 43.9 Å². The second-order valence-corrected chi connectivity index (χ2v) is 8.78. The van der Waals surface area contributed by atoms with Gasteiger partial charge in [0.2, 0.25) is 0 Å². The molecule has 2 aromatic carbocycles. The van der Waals surface area contributed by atoms with Crippen LogP contribution in [0.15, 0.2) is 54.7 Å². The van der Waals surface area contributed by atoms with E-state index in [1.165, 1.54) is 0 Å². The zero-order valence-corrected chi connectivity index (χ0v) is 18.6. The molecule has 2 N–H and O–H groups in total. The molecule has 0 radical (unpaired) electrons. The van der Waals surface area contributed by atoms with Crippen LogP contribution in [0.3, 0.4) is 0 Å². The molecule has 5 rings (SSSR count). The van der Waals surface area contributed by atoms with Gasteiger partial charge in [-0.1, -0.05) is 18.2 Å². The third-order valence-electron chi connectivity index (χ3n) is 6.44. The summed E-state index contributed by atoms with van der Waals surface area (Å²) in [5.74, 6) is -0.128. The van der Waals surface area contributed by atoms with Crippen molar-refractivity contribution in [2.24, 2.45) is 7.05 Å². The zero-order chi connectivity index (χ0) is 23.9. The van der Waals surface area contributed by atoms with Crippen molar-refractivity contribution in [2.75, 3.05) is 5.32 Å². The number of nitrogens with zero attached hydrogens (tertiary/aromatic N) is 3. The summed E-state index contributed by atoms with van der Waals surface area (Å²) in [6.45, 7) is 0. The normalized spacial score (nSPS) is 18.8. The minimum Gasteiger partial charge on any atom is -0.382 e. The maximum absolute atomic E-state index is 13.3. The highest BCUT2D eigenvalue weighted by Gasteiger charge is 2.34. The third-order valence-corrected chi connectivity index (χ3v) is 6.44. The second kappa shape index (κ2) is 8.62. The summed E-state index contributed by atoms with van der Waals surface area (Å²) in [7, 11) is 1.85. The summed E-state index contributed by atoms with van der Waals surface area (Å²) < 4.78 is 41.8. The predicted octanol–water partition coefficient (Wildman–Crippen LogP) is 5.29. The lowest BCUT2D eigenvalue weighted by Gasteiger charge is -2.30. The number of para-hydroxylation sites is 1. The van der Waals surface area contributed by atoms with Gasteiger partial charge in [0.05, 0.1) is 17.2 Å². The first-order chi connectivity index (χ1) is 16.3. The van der Waals surface area contributed by atoms with Crippen molar-refractivity contribution in [1.82, 2.24) is 20.1 Å². The highest BCUT2D eigenvalue weighted by atomic mass is 19.4. The Morgan fingerprint density at radius 2 is 1.76 bits per heavy atom. The van der Waals surface area contributed by atoms with Crippen molar-refractivity contribution in [1.29, 1.82) is 0 Å². The van der Waals surface area contributed by atoms with E-state index in [-0.39, 0.29) is 18.0 Å². The van der Waals surface area contributed by atoms with Crippen LogP contribution >= 0.6 is 0 Å². The summed E-state index contributed by atoms with van der Waals surface area (Å²) >= 11 is 0. The third kappa shape index (κ3) is 4.42. The molecule has 0 unspecified atom stereocenters. The monoisotopic (exact) mass is 467 g/mol. The van der Waals surface area contributed by atoms with E-state index in [4.69, 9.17) is 0 Å². The van der Waals surface area contributed by atoms with Crippen LogP contribution < -0.4 is 10.6 Å². The van der Waals surface area contributed by atoms with E-state index in [9.17, 15) is 18.0 Å². The molecule has 176 valence electrons. The Hall–Kier alpha value is -3.62. The van der Waals surface area contributed by atoms with Gasteiger partial charge in [-0.2, -0.15) is 18.3 Å². The molecule has 4 aromatic rings. The summed E-state index contributed by atoms with van der Waals surface area (Å²) in [6.07, 6.45) is 0.188. The van der Waals surface area contributed by atoms with E-state index >= 15 is 0 Å². The molecule has 0 atom stereocenters. The van der Waals surface area contributed by atoms with Gasteiger partial charge < -0.3 is 10.6 Å². The lowest BCUT2D eigenvalue weighted by molar-refractivity contribution is -0.140. The molecule has 9 heteroatoms. The number of amides is 1. The number of carbonyl (C=O) groups excluding carboxylic acids is 1. The lowest BCUT2D eigenvalue weighted by atomic mass is 9.90. The number of hydrogen-bond donors (Lipinski definition) is 2. The number of halogens is 3. The Morgan fingerprint density at radius 3 is 2.53 bits per heavy atom. The first-order valence-electron chi connectivity index (χ1n) is 11.2.